The molecule has 0 unspecified atom stereocenters. The maximum absolute atomic E-state index is 12.7. The average molecular weight is 337 g/mol. The van der Waals surface area contributed by atoms with E-state index < -0.39 is 5.97 Å². The van der Waals surface area contributed by atoms with Crippen LogP contribution in [-0.2, 0) is 22.6 Å². The highest BCUT2D eigenvalue weighted by Gasteiger charge is 2.20. The molecule has 2 aromatic carbocycles. The Hall–Kier alpha value is -2.88. The van der Waals surface area contributed by atoms with Gasteiger partial charge in [0.05, 0.1) is 18.7 Å². The third kappa shape index (κ3) is 4.80. The van der Waals surface area contributed by atoms with Crippen molar-refractivity contribution in [2.45, 2.75) is 32.7 Å². The number of carbonyl (C=O) groups is 2. The number of hydrogen-bond donors (Lipinski definition) is 1. The number of anilines is 1. The Morgan fingerprint density at radius 1 is 1.04 bits per heavy atom. The van der Waals surface area contributed by atoms with Crippen LogP contribution in [0.15, 0.2) is 55.1 Å². The van der Waals surface area contributed by atoms with Gasteiger partial charge < -0.3 is 10.0 Å². The number of benzene rings is 2. The van der Waals surface area contributed by atoms with Crippen LogP contribution in [-0.4, -0.2) is 17.0 Å². The van der Waals surface area contributed by atoms with Crippen LogP contribution < -0.4 is 4.90 Å². The van der Waals surface area contributed by atoms with Gasteiger partial charge in [-0.15, -0.1) is 0 Å². The minimum atomic E-state index is -0.973. The Morgan fingerprint density at radius 2 is 1.68 bits per heavy atom. The predicted octanol–water partition coefficient (Wildman–Crippen LogP) is 4.29. The lowest BCUT2D eigenvalue weighted by Gasteiger charge is -2.25. The summed E-state index contributed by atoms with van der Waals surface area (Å²) in [4.78, 5) is 25.3. The van der Waals surface area contributed by atoms with Gasteiger partial charge in [0.15, 0.2) is 0 Å². The average Bonchev–Trinajstić information content (AvgIpc) is 2.64. The molecule has 0 heterocycles. The summed E-state index contributed by atoms with van der Waals surface area (Å²) in [5.74, 6) is -1.18. The Bertz CT molecular complexity index is 767. The number of carbonyl (C=O) groups excluding carboxylic acids is 1. The van der Waals surface area contributed by atoms with Crippen LogP contribution in [0, 0.1) is 0 Å². The van der Waals surface area contributed by atoms with E-state index in [0.29, 0.717) is 6.54 Å². The number of aryl methyl sites for hydroxylation is 1. The third-order valence-electron chi connectivity index (χ3n) is 4.13. The Morgan fingerprint density at radius 3 is 2.32 bits per heavy atom. The monoisotopic (exact) mass is 337 g/mol. The molecule has 0 aliphatic rings. The standard InChI is InChI=1S/C21H23NO3/c1-3-16-9-5-6-11-18(16)15-22(20(23)13-14-21(24)25)19-12-8-7-10-17(19)4-2/h4-12H,2-3,13-15H2,1H3,(H,24,25). The van der Waals surface area contributed by atoms with Crippen molar-refractivity contribution in [2.75, 3.05) is 4.90 Å². The topological polar surface area (TPSA) is 57.6 Å². The van der Waals surface area contributed by atoms with E-state index in [4.69, 9.17) is 5.11 Å². The van der Waals surface area contributed by atoms with Crippen LogP contribution in [0.4, 0.5) is 5.69 Å². The molecule has 0 bridgehead atoms. The van der Waals surface area contributed by atoms with E-state index in [-0.39, 0.29) is 18.7 Å². The largest absolute Gasteiger partial charge is 0.481 e. The van der Waals surface area contributed by atoms with Gasteiger partial charge in [0.1, 0.15) is 0 Å². The zero-order chi connectivity index (χ0) is 18.2. The second kappa shape index (κ2) is 8.83. The molecule has 0 saturated heterocycles. The fourth-order valence-corrected chi connectivity index (χ4v) is 2.79. The normalized spacial score (nSPS) is 10.3. The Balaban J connectivity index is 2.39. The maximum Gasteiger partial charge on any atom is 0.303 e. The fourth-order valence-electron chi connectivity index (χ4n) is 2.79. The zero-order valence-electron chi connectivity index (χ0n) is 14.4. The first-order valence-electron chi connectivity index (χ1n) is 8.37. The first kappa shape index (κ1) is 18.5. The third-order valence-corrected chi connectivity index (χ3v) is 4.13. The quantitative estimate of drug-likeness (QED) is 0.782. The molecule has 1 N–H and O–H groups in total. The maximum atomic E-state index is 12.7. The van der Waals surface area contributed by atoms with Crippen molar-refractivity contribution in [3.05, 3.63) is 71.8 Å². The van der Waals surface area contributed by atoms with Crippen LogP contribution in [0.5, 0.6) is 0 Å². The molecule has 2 aromatic rings. The molecule has 1 amide bonds. The number of nitrogens with zero attached hydrogens (tertiary/aromatic N) is 1. The van der Waals surface area contributed by atoms with Crippen LogP contribution in [0.2, 0.25) is 0 Å². The van der Waals surface area contributed by atoms with Crippen molar-refractivity contribution in [3.63, 3.8) is 0 Å². The van der Waals surface area contributed by atoms with E-state index >= 15 is 0 Å². The second-order valence-corrected chi connectivity index (χ2v) is 5.76. The molecular weight excluding hydrogens is 314 g/mol. The molecule has 2 rings (SSSR count). The zero-order valence-corrected chi connectivity index (χ0v) is 14.4. The fraction of sp³-hybridized carbons (Fsp3) is 0.238. The van der Waals surface area contributed by atoms with Crippen molar-refractivity contribution in [2.24, 2.45) is 0 Å². The molecule has 0 spiro atoms. The van der Waals surface area contributed by atoms with Gasteiger partial charge in [-0.1, -0.05) is 62.0 Å². The van der Waals surface area contributed by atoms with Gasteiger partial charge in [-0.05, 0) is 29.2 Å². The number of carboxylic acid groups (broad SMARTS) is 1. The van der Waals surface area contributed by atoms with Gasteiger partial charge in [0, 0.05) is 6.42 Å². The lowest BCUT2D eigenvalue weighted by atomic mass is 10.0. The molecule has 0 fully saturated rings. The highest BCUT2D eigenvalue weighted by atomic mass is 16.4. The molecule has 130 valence electrons. The van der Waals surface area contributed by atoms with Crippen LogP contribution in [0.25, 0.3) is 6.08 Å². The summed E-state index contributed by atoms with van der Waals surface area (Å²) in [7, 11) is 0. The van der Waals surface area contributed by atoms with Crippen molar-refractivity contribution < 1.29 is 14.7 Å². The van der Waals surface area contributed by atoms with E-state index in [2.05, 4.69) is 19.6 Å². The van der Waals surface area contributed by atoms with Crippen molar-refractivity contribution in [3.8, 4) is 0 Å². The number of para-hydroxylation sites is 1. The Labute approximate surface area is 148 Å². The van der Waals surface area contributed by atoms with Gasteiger partial charge in [0.25, 0.3) is 0 Å². The van der Waals surface area contributed by atoms with E-state index in [9.17, 15) is 9.59 Å². The number of rotatable bonds is 8. The summed E-state index contributed by atoms with van der Waals surface area (Å²) in [6.07, 6.45) is 2.37. The highest BCUT2D eigenvalue weighted by Crippen LogP contribution is 2.25. The van der Waals surface area contributed by atoms with Gasteiger partial charge in [-0.25, -0.2) is 0 Å². The second-order valence-electron chi connectivity index (χ2n) is 5.76. The number of aliphatic carboxylic acids is 1. The van der Waals surface area contributed by atoms with E-state index in [1.165, 1.54) is 5.56 Å². The summed E-state index contributed by atoms with van der Waals surface area (Å²) in [6, 6.07) is 15.5. The van der Waals surface area contributed by atoms with Crippen LogP contribution >= 0.6 is 0 Å². The molecular formula is C21H23NO3. The minimum absolute atomic E-state index is 0.0326. The van der Waals surface area contributed by atoms with Crippen molar-refractivity contribution >= 4 is 23.6 Å². The first-order chi connectivity index (χ1) is 12.1. The SMILES string of the molecule is C=Cc1ccccc1N(Cc1ccccc1CC)C(=O)CCC(=O)O. The Kier molecular flexibility index (Phi) is 6.52. The molecule has 0 saturated carbocycles. The summed E-state index contributed by atoms with van der Waals surface area (Å²) in [6.45, 7) is 6.30. The summed E-state index contributed by atoms with van der Waals surface area (Å²) in [5.41, 5.74) is 3.83. The molecule has 0 aliphatic carbocycles. The molecule has 0 atom stereocenters. The summed E-state index contributed by atoms with van der Waals surface area (Å²) < 4.78 is 0. The lowest BCUT2D eigenvalue weighted by Crippen LogP contribution is -2.31. The van der Waals surface area contributed by atoms with Gasteiger partial charge >= 0.3 is 5.97 Å². The number of amides is 1. The van der Waals surface area contributed by atoms with Gasteiger partial charge in [-0.3, -0.25) is 9.59 Å². The van der Waals surface area contributed by atoms with Crippen LogP contribution in [0.3, 0.4) is 0 Å². The van der Waals surface area contributed by atoms with Crippen LogP contribution in [0.1, 0.15) is 36.5 Å². The predicted molar refractivity (Wildman–Crippen MR) is 100 cm³/mol. The van der Waals surface area contributed by atoms with Gasteiger partial charge in [-0.2, -0.15) is 0 Å². The minimum Gasteiger partial charge on any atom is -0.481 e. The summed E-state index contributed by atoms with van der Waals surface area (Å²) in [5, 5.41) is 8.90. The molecule has 4 heteroatoms. The van der Waals surface area contributed by atoms with Crippen molar-refractivity contribution in [1.82, 2.24) is 0 Å². The number of carboxylic acids is 1. The van der Waals surface area contributed by atoms with Gasteiger partial charge in [0.2, 0.25) is 5.91 Å². The molecule has 0 radical (unpaired) electrons. The van der Waals surface area contributed by atoms with E-state index in [0.717, 1.165) is 23.2 Å². The van der Waals surface area contributed by atoms with E-state index in [1.54, 1.807) is 11.0 Å². The molecule has 25 heavy (non-hydrogen) atoms. The molecule has 0 aromatic heterocycles. The number of hydrogen-bond acceptors (Lipinski definition) is 2. The first-order valence-corrected chi connectivity index (χ1v) is 8.37. The lowest BCUT2D eigenvalue weighted by molar-refractivity contribution is -0.138. The smallest absolute Gasteiger partial charge is 0.303 e. The van der Waals surface area contributed by atoms with Crippen molar-refractivity contribution in [1.29, 1.82) is 0 Å². The van der Waals surface area contributed by atoms with E-state index in [1.807, 2.05) is 42.5 Å². The molecule has 0 aliphatic heterocycles. The summed E-state index contributed by atoms with van der Waals surface area (Å²) >= 11 is 0. The molecule has 4 nitrogen and oxygen atoms in total. The highest BCUT2D eigenvalue weighted by molar-refractivity contribution is 5.96.